The van der Waals surface area contributed by atoms with Gasteiger partial charge in [0.05, 0.1) is 12.7 Å². The van der Waals surface area contributed by atoms with Crippen LogP contribution in [0.4, 0.5) is 5.69 Å². The third kappa shape index (κ3) is 5.73. The standard InChI is InChI=1S/C8H9NO2.2C2H6/c1-11-8(10)6-4-2-3-5-7(6)9;2*1-2/h2-5H,9H2,1H3;2*1-2H3. The number of ether oxygens (including phenoxy) is 1. The molecule has 2 N–H and O–H groups in total. The highest BCUT2D eigenvalue weighted by molar-refractivity contribution is 5.94. The SMILES string of the molecule is CC.CC.COC(=O)c1ccccc1N. The van der Waals surface area contributed by atoms with Crippen molar-refractivity contribution in [3.05, 3.63) is 29.8 Å². The maximum atomic E-state index is 10.9. The van der Waals surface area contributed by atoms with E-state index in [1.54, 1.807) is 24.3 Å². The second kappa shape index (κ2) is 10.6. The summed E-state index contributed by atoms with van der Waals surface area (Å²) in [6.07, 6.45) is 0. The zero-order chi connectivity index (χ0) is 12.3. The van der Waals surface area contributed by atoms with Crippen LogP contribution in [0.1, 0.15) is 38.1 Å². The van der Waals surface area contributed by atoms with Crippen LogP contribution in [0.25, 0.3) is 0 Å². The van der Waals surface area contributed by atoms with Crippen molar-refractivity contribution in [2.24, 2.45) is 0 Å². The number of rotatable bonds is 1. The first kappa shape index (κ1) is 15.9. The molecule has 0 heterocycles. The quantitative estimate of drug-likeness (QED) is 0.573. The maximum Gasteiger partial charge on any atom is 0.339 e. The third-order valence-corrected chi connectivity index (χ3v) is 1.37. The molecule has 1 aromatic carbocycles. The molecule has 0 aromatic heterocycles. The molecule has 1 rings (SSSR count). The minimum absolute atomic E-state index is 0.400. The average Bonchev–Trinajstić information content (AvgIpc) is 2.34. The molecule has 0 aliphatic rings. The first-order valence-corrected chi connectivity index (χ1v) is 5.18. The van der Waals surface area contributed by atoms with Gasteiger partial charge in [-0.15, -0.1) is 0 Å². The molecule has 0 spiro atoms. The second-order valence-corrected chi connectivity index (χ2v) is 2.08. The Bertz CT molecular complexity index is 272. The van der Waals surface area contributed by atoms with E-state index in [9.17, 15) is 4.79 Å². The second-order valence-electron chi connectivity index (χ2n) is 2.08. The summed E-state index contributed by atoms with van der Waals surface area (Å²) >= 11 is 0. The van der Waals surface area contributed by atoms with Crippen LogP contribution in [0.2, 0.25) is 0 Å². The van der Waals surface area contributed by atoms with Crippen molar-refractivity contribution >= 4 is 11.7 Å². The number of para-hydroxylation sites is 1. The van der Waals surface area contributed by atoms with Crippen LogP contribution in [0.3, 0.4) is 0 Å². The highest BCUT2D eigenvalue weighted by atomic mass is 16.5. The Kier molecular flexibility index (Phi) is 11.2. The molecule has 15 heavy (non-hydrogen) atoms. The van der Waals surface area contributed by atoms with Crippen molar-refractivity contribution in [1.29, 1.82) is 0 Å². The highest BCUT2D eigenvalue weighted by Gasteiger charge is 2.06. The predicted octanol–water partition coefficient (Wildman–Crippen LogP) is 3.11. The molecule has 0 saturated heterocycles. The van der Waals surface area contributed by atoms with Crippen LogP contribution in [-0.4, -0.2) is 13.1 Å². The fourth-order valence-corrected chi connectivity index (χ4v) is 0.793. The molecule has 0 bridgehead atoms. The minimum atomic E-state index is -0.400. The number of carbonyl (C=O) groups is 1. The van der Waals surface area contributed by atoms with Crippen LogP contribution in [0, 0.1) is 0 Å². The lowest BCUT2D eigenvalue weighted by Gasteiger charge is -2.00. The topological polar surface area (TPSA) is 52.3 Å². The third-order valence-electron chi connectivity index (χ3n) is 1.37. The Hall–Kier alpha value is -1.51. The highest BCUT2D eigenvalue weighted by Crippen LogP contribution is 2.10. The predicted molar refractivity (Wildman–Crippen MR) is 64.9 cm³/mol. The monoisotopic (exact) mass is 211 g/mol. The number of anilines is 1. The number of hydrogen-bond donors (Lipinski definition) is 1. The number of esters is 1. The Morgan fingerprint density at radius 3 is 2.00 bits per heavy atom. The summed E-state index contributed by atoms with van der Waals surface area (Å²) in [6, 6.07) is 6.79. The fourth-order valence-electron chi connectivity index (χ4n) is 0.793. The van der Waals surface area contributed by atoms with Gasteiger partial charge in [0, 0.05) is 5.69 Å². The molecular formula is C12H21NO2. The van der Waals surface area contributed by atoms with Gasteiger partial charge in [-0.05, 0) is 12.1 Å². The van der Waals surface area contributed by atoms with Crippen molar-refractivity contribution in [3.63, 3.8) is 0 Å². The van der Waals surface area contributed by atoms with Crippen molar-refractivity contribution < 1.29 is 9.53 Å². The molecule has 0 aliphatic heterocycles. The zero-order valence-electron chi connectivity index (χ0n) is 10.2. The number of nitrogen functional groups attached to an aromatic ring is 1. The summed E-state index contributed by atoms with van der Waals surface area (Å²) in [4.78, 5) is 10.9. The maximum absolute atomic E-state index is 10.9. The number of carbonyl (C=O) groups excluding carboxylic acids is 1. The summed E-state index contributed by atoms with van der Waals surface area (Å²) in [5.74, 6) is -0.400. The van der Waals surface area contributed by atoms with Gasteiger partial charge in [0.25, 0.3) is 0 Å². The number of benzene rings is 1. The molecular weight excluding hydrogens is 190 g/mol. The summed E-state index contributed by atoms with van der Waals surface area (Å²) in [5, 5.41) is 0. The first-order chi connectivity index (χ1) is 7.25. The van der Waals surface area contributed by atoms with Crippen LogP contribution >= 0.6 is 0 Å². The van der Waals surface area contributed by atoms with Gasteiger partial charge in [0.2, 0.25) is 0 Å². The molecule has 1 aromatic rings. The van der Waals surface area contributed by atoms with Gasteiger partial charge in [-0.3, -0.25) is 0 Å². The molecule has 0 amide bonds. The van der Waals surface area contributed by atoms with Crippen LogP contribution < -0.4 is 5.73 Å². The van der Waals surface area contributed by atoms with E-state index < -0.39 is 5.97 Å². The van der Waals surface area contributed by atoms with Gasteiger partial charge in [-0.2, -0.15) is 0 Å². The molecule has 0 unspecified atom stereocenters. The molecule has 0 atom stereocenters. The smallest absolute Gasteiger partial charge is 0.339 e. The van der Waals surface area contributed by atoms with Crippen molar-refractivity contribution in [3.8, 4) is 0 Å². The van der Waals surface area contributed by atoms with Crippen LogP contribution in [-0.2, 0) is 4.74 Å². The molecule has 3 nitrogen and oxygen atoms in total. The van der Waals surface area contributed by atoms with E-state index >= 15 is 0 Å². The zero-order valence-corrected chi connectivity index (χ0v) is 10.2. The van der Waals surface area contributed by atoms with Gasteiger partial charge in [0.1, 0.15) is 0 Å². The lowest BCUT2D eigenvalue weighted by Crippen LogP contribution is -2.04. The molecule has 86 valence electrons. The van der Waals surface area contributed by atoms with Gasteiger partial charge >= 0.3 is 5.97 Å². The van der Waals surface area contributed by atoms with E-state index in [2.05, 4.69) is 4.74 Å². The molecule has 0 radical (unpaired) electrons. The van der Waals surface area contributed by atoms with Crippen molar-refractivity contribution in [1.82, 2.24) is 0 Å². The van der Waals surface area contributed by atoms with E-state index in [1.807, 2.05) is 27.7 Å². The largest absolute Gasteiger partial charge is 0.465 e. The van der Waals surface area contributed by atoms with Crippen molar-refractivity contribution in [2.75, 3.05) is 12.8 Å². The van der Waals surface area contributed by atoms with E-state index in [1.165, 1.54) is 7.11 Å². The minimum Gasteiger partial charge on any atom is -0.465 e. The Morgan fingerprint density at radius 2 is 1.60 bits per heavy atom. The lowest BCUT2D eigenvalue weighted by molar-refractivity contribution is 0.0602. The average molecular weight is 211 g/mol. The van der Waals surface area contributed by atoms with Crippen LogP contribution in [0.15, 0.2) is 24.3 Å². The van der Waals surface area contributed by atoms with Gasteiger partial charge in [-0.25, -0.2) is 4.79 Å². The van der Waals surface area contributed by atoms with E-state index in [0.717, 1.165) is 0 Å². The summed E-state index contributed by atoms with van der Waals surface area (Å²) < 4.78 is 4.50. The molecule has 0 fully saturated rings. The number of nitrogens with two attached hydrogens (primary N) is 1. The molecule has 0 saturated carbocycles. The fraction of sp³-hybridized carbons (Fsp3) is 0.417. The van der Waals surface area contributed by atoms with E-state index in [0.29, 0.717) is 11.3 Å². The number of hydrogen-bond acceptors (Lipinski definition) is 3. The normalized spacial score (nSPS) is 7.53. The Labute approximate surface area is 92.2 Å². The van der Waals surface area contributed by atoms with E-state index in [4.69, 9.17) is 5.73 Å². The summed E-state index contributed by atoms with van der Waals surface area (Å²) in [6.45, 7) is 8.00. The number of methoxy groups -OCH3 is 1. The van der Waals surface area contributed by atoms with Gasteiger partial charge < -0.3 is 10.5 Å². The van der Waals surface area contributed by atoms with E-state index in [-0.39, 0.29) is 0 Å². The first-order valence-electron chi connectivity index (χ1n) is 5.18. The van der Waals surface area contributed by atoms with Crippen LogP contribution in [0.5, 0.6) is 0 Å². The van der Waals surface area contributed by atoms with Gasteiger partial charge in [-0.1, -0.05) is 39.8 Å². The van der Waals surface area contributed by atoms with Crippen molar-refractivity contribution in [2.45, 2.75) is 27.7 Å². The summed E-state index contributed by atoms with van der Waals surface area (Å²) in [5.41, 5.74) is 6.35. The Morgan fingerprint density at radius 1 is 1.13 bits per heavy atom. The molecule has 0 aliphatic carbocycles. The molecule has 3 heteroatoms. The summed E-state index contributed by atoms with van der Waals surface area (Å²) in [7, 11) is 1.33. The lowest BCUT2D eigenvalue weighted by atomic mass is 10.2. The van der Waals surface area contributed by atoms with Gasteiger partial charge in [0.15, 0.2) is 0 Å². The Balaban J connectivity index is 0.